The van der Waals surface area contributed by atoms with E-state index in [0.717, 1.165) is 37.9 Å². The predicted octanol–water partition coefficient (Wildman–Crippen LogP) is 3.61. The molecule has 18 heavy (non-hydrogen) atoms. The first-order valence-corrected chi connectivity index (χ1v) is 7.21. The molecule has 0 aliphatic carbocycles. The first kappa shape index (κ1) is 13.5. The SMILES string of the molecule is CNCc1nc(-c2ccc(OC)c(C)c2)sc1Br. The van der Waals surface area contributed by atoms with Crippen molar-refractivity contribution >= 4 is 27.3 Å². The smallest absolute Gasteiger partial charge is 0.124 e. The van der Waals surface area contributed by atoms with E-state index in [2.05, 4.69) is 32.3 Å². The van der Waals surface area contributed by atoms with Gasteiger partial charge in [-0.3, -0.25) is 0 Å². The average molecular weight is 327 g/mol. The minimum absolute atomic E-state index is 0.770. The summed E-state index contributed by atoms with van der Waals surface area (Å²) in [4.78, 5) is 4.63. The van der Waals surface area contributed by atoms with Crippen molar-refractivity contribution in [3.05, 3.63) is 33.2 Å². The molecule has 0 aliphatic rings. The highest BCUT2D eigenvalue weighted by atomic mass is 79.9. The van der Waals surface area contributed by atoms with Gasteiger partial charge in [0.05, 0.1) is 16.6 Å². The molecule has 3 nitrogen and oxygen atoms in total. The van der Waals surface area contributed by atoms with Gasteiger partial charge in [-0.15, -0.1) is 11.3 Å². The van der Waals surface area contributed by atoms with Crippen molar-refractivity contribution in [2.45, 2.75) is 13.5 Å². The standard InChI is InChI=1S/C13H15BrN2OS/c1-8-6-9(4-5-11(8)17-3)13-16-10(7-15-2)12(14)18-13/h4-6,15H,7H2,1-3H3. The highest BCUT2D eigenvalue weighted by Gasteiger charge is 2.11. The van der Waals surface area contributed by atoms with Crippen molar-refractivity contribution in [1.29, 1.82) is 0 Å². The topological polar surface area (TPSA) is 34.2 Å². The van der Waals surface area contributed by atoms with Gasteiger partial charge >= 0.3 is 0 Å². The Morgan fingerprint density at radius 3 is 2.83 bits per heavy atom. The number of benzene rings is 1. The third-order valence-corrected chi connectivity index (χ3v) is 4.51. The molecule has 1 aromatic heterocycles. The second kappa shape index (κ2) is 5.82. The van der Waals surface area contributed by atoms with E-state index in [0.29, 0.717) is 0 Å². The number of halogens is 1. The van der Waals surface area contributed by atoms with Crippen molar-refractivity contribution in [2.24, 2.45) is 0 Å². The van der Waals surface area contributed by atoms with Crippen LogP contribution in [-0.4, -0.2) is 19.1 Å². The number of methoxy groups -OCH3 is 1. The summed E-state index contributed by atoms with van der Waals surface area (Å²) in [6.07, 6.45) is 0. The lowest BCUT2D eigenvalue weighted by molar-refractivity contribution is 0.412. The molecule has 0 saturated heterocycles. The zero-order valence-electron chi connectivity index (χ0n) is 10.6. The summed E-state index contributed by atoms with van der Waals surface area (Å²) in [6, 6.07) is 6.13. The number of hydrogen-bond donors (Lipinski definition) is 1. The van der Waals surface area contributed by atoms with Gasteiger partial charge in [0.25, 0.3) is 0 Å². The summed E-state index contributed by atoms with van der Waals surface area (Å²) < 4.78 is 6.35. The Morgan fingerprint density at radius 1 is 1.44 bits per heavy atom. The number of nitrogens with one attached hydrogen (secondary N) is 1. The minimum atomic E-state index is 0.770. The molecule has 1 heterocycles. The van der Waals surface area contributed by atoms with E-state index in [1.807, 2.05) is 26.1 Å². The van der Waals surface area contributed by atoms with Gasteiger partial charge in [0, 0.05) is 12.1 Å². The van der Waals surface area contributed by atoms with Crippen LogP contribution in [0.3, 0.4) is 0 Å². The van der Waals surface area contributed by atoms with Crippen LogP contribution in [0.1, 0.15) is 11.3 Å². The van der Waals surface area contributed by atoms with Gasteiger partial charge in [0.2, 0.25) is 0 Å². The lowest BCUT2D eigenvalue weighted by Crippen LogP contribution is -2.05. The van der Waals surface area contributed by atoms with E-state index in [9.17, 15) is 0 Å². The quantitative estimate of drug-likeness (QED) is 0.931. The van der Waals surface area contributed by atoms with Crippen LogP contribution in [0.5, 0.6) is 5.75 Å². The summed E-state index contributed by atoms with van der Waals surface area (Å²) in [6.45, 7) is 2.81. The maximum Gasteiger partial charge on any atom is 0.124 e. The minimum Gasteiger partial charge on any atom is -0.496 e. The van der Waals surface area contributed by atoms with Gasteiger partial charge < -0.3 is 10.1 Å². The van der Waals surface area contributed by atoms with Crippen LogP contribution in [-0.2, 0) is 6.54 Å². The van der Waals surface area contributed by atoms with E-state index in [1.165, 1.54) is 0 Å². The first-order valence-electron chi connectivity index (χ1n) is 5.60. The summed E-state index contributed by atoms with van der Waals surface area (Å²) in [5.41, 5.74) is 3.30. The molecule has 1 N–H and O–H groups in total. The Hall–Kier alpha value is -0.910. The molecular weight excluding hydrogens is 312 g/mol. The van der Waals surface area contributed by atoms with Crippen molar-refractivity contribution in [1.82, 2.24) is 10.3 Å². The van der Waals surface area contributed by atoms with Crippen molar-refractivity contribution in [2.75, 3.05) is 14.2 Å². The number of thiazole rings is 1. The zero-order chi connectivity index (χ0) is 13.1. The largest absolute Gasteiger partial charge is 0.496 e. The molecule has 2 aromatic rings. The predicted molar refractivity (Wildman–Crippen MR) is 79.3 cm³/mol. The Labute approximate surface area is 119 Å². The molecule has 0 amide bonds. The molecule has 2 rings (SSSR count). The van der Waals surface area contributed by atoms with Crippen molar-refractivity contribution < 1.29 is 4.74 Å². The van der Waals surface area contributed by atoms with Crippen LogP contribution >= 0.6 is 27.3 Å². The van der Waals surface area contributed by atoms with Crippen LogP contribution in [0.15, 0.2) is 22.0 Å². The lowest BCUT2D eigenvalue weighted by atomic mass is 10.1. The van der Waals surface area contributed by atoms with Gasteiger partial charge in [0.15, 0.2) is 0 Å². The third kappa shape index (κ3) is 2.74. The van der Waals surface area contributed by atoms with Gasteiger partial charge in [-0.1, -0.05) is 0 Å². The average Bonchev–Trinajstić information content (AvgIpc) is 2.71. The Kier molecular flexibility index (Phi) is 4.37. The van der Waals surface area contributed by atoms with Crippen LogP contribution < -0.4 is 10.1 Å². The number of ether oxygens (including phenoxy) is 1. The Bertz CT molecular complexity index is 554. The van der Waals surface area contributed by atoms with E-state index in [-0.39, 0.29) is 0 Å². The first-order chi connectivity index (χ1) is 8.65. The Morgan fingerprint density at radius 2 is 2.22 bits per heavy atom. The van der Waals surface area contributed by atoms with Gasteiger partial charge in [-0.25, -0.2) is 4.98 Å². The second-order valence-electron chi connectivity index (χ2n) is 3.95. The molecule has 0 spiro atoms. The third-order valence-electron chi connectivity index (χ3n) is 2.64. The molecule has 0 aliphatic heterocycles. The molecule has 96 valence electrons. The normalized spacial score (nSPS) is 10.7. The van der Waals surface area contributed by atoms with Crippen LogP contribution in [0.25, 0.3) is 10.6 Å². The lowest BCUT2D eigenvalue weighted by Gasteiger charge is -2.05. The number of nitrogens with zero attached hydrogens (tertiary/aromatic N) is 1. The van der Waals surface area contributed by atoms with E-state index < -0.39 is 0 Å². The monoisotopic (exact) mass is 326 g/mol. The fourth-order valence-corrected chi connectivity index (χ4v) is 3.24. The molecule has 0 bridgehead atoms. The molecule has 0 radical (unpaired) electrons. The summed E-state index contributed by atoms with van der Waals surface area (Å²) in [5.74, 6) is 0.907. The van der Waals surface area contributed by atoms with Crippen LogP contribution in [0, 0.1) is 6.92 Å². The van der Waals surface area contributed by atoms with Crippen LogP contribution in [0.4, 0.5) is 0 Å². The van der Waals surface area contributed by atoms with E-state index in [4.69, 9.17) is 4.74 Å². The fourth-order valence-electron chi connectivity index (χ4n) is 1.74. The molecule has 0 atom stereocenters. The second-order valence-corrected chi connectivity index (χ2v) is 6.27. The number of aryl methyl sites for hydroxylation is 1. The maximum atomic E-state index is 5.27. The Balaban J connectivity index is 2.36. The summed E-state index contributed by atoms with van der Waals surface area (Å²) in [5, 5.41) is 4.14. The molecule has 5 heteroatoms. The number of rotatable bonds is 4. The highest BCUT2D eigenvalue weighted by Crippen LogP contribution is 2.33. The number of aromatic nitrogens is 1. The number of hydrogen-bond acceptors (Lipinski definition) is 4. The highest BCUT2D eigenvalue weighted by molar-refractivity contribution is 9.11. The van der Waals surface area contributed by atoms with E-state index >= 15 is 0 Å². The van der Waals surface area contributed by atoms with Crippen molar-refractivity contribution in [3.8, 4) is 16.3 Å². The molecule has 0 fully saturated rings. The molecule has 0 saturated carbocycles. The van der Waals surface area contributed by atoms with Gasteiger partial charge in [-0.2, -0.15) is 0 Å². The molecular formula is C13H15BrN2OS. The summed E-state index contributed by atoms with van der Waals surface area (Å²) >= 11 is 5.21. The maximum absolute atomic E-state index is 5.27. The zero-order valence-corrected chi connectivity index (χ0v) is 13.0. The van der Waals surface area contributed by atoms with E-state index in [1.54, 1.807) is 18.4 Å². The van der Waals surface area contributed by atoms with Gasteiger partial charge in [-0.05, 0) is 53.7 Å². The van der Waals surface area contributed by atoms with Gasteiger partial charge in [0.1, 0.15) is 10.8 Å². The fraction of sp³-hybridized carbons (Fsp3) is 0.308. The van der Waals surface area contributed by atoms with Crippen molar-refractivity contribution in [3.63, 3.8) is 0 Å². The molecule has 1 aromatic carbocycles. The van der Waals surface area contributed by atoms with Crippen LogP contribution in [0.2, 0.25) is 0 Å². The molecule has 0 unspecified atom stereocenters. The summed E-state index contributed by atoms with van der Waals surface area (Å²) in [7, 11) is 3.61.